The van der Waals surface area contributed by atoms with E-state index in [4.69, 9.17) is 14.0 Å². The third-order valence-electron chi connectivity index (χ3n) is 7.86. The van der Waals surface area contributed by atoms with Gasteiger partial charge in [-0.25, -0.2) is 0 Å². The first-order valence-electron chi connectivity index (χ1n) is 16.7. The van der Waals surface area contributed by atoms with Crippen LogP contribution in [0.4, 0.5) is 0 Å². The van der Waals surface area contributed by atoms with Gasteiger partial charge in [0.25, 0.3) is 0 Å². The third kappa shape index (κ3) is 18.7. The minimum atomic E-state index is -2.50. The fourth-order valence-corrected chi connectivity index (χ4v) is 5.73. The molecule has 0 aliphatic carbocycles. The highest BCUT2D eigenvalue weighted by Gasteiger charge is 2.22. The fourth-order valence-electron chi connectivity index (χ4n) is 5.39. The van der Waals surface area contributed by atoms with Gasteiger partial charge >= 0.3 is 8.60 Å². The van der Waals surface area contributed by atoms with Gasteiger partial charge in [0.05, 0.1) is 12.2 Å². The van der Waals surface area contributed by atoms with Gasteiger partial charge in [-0.2, -0.15) is 0 Å². The van der Waals surface area contributed by atoms with Crippen molar-refractivity contribution in [1.29, 1.82) is 0 Å². The molecule has 0 fully saturated rings. The summed E-state index contributed by atoms with van der Waals surface area (Å²) in [7, 11) is -2.50. The lowest BCUT2D eigenvalue weighted by Crippen LogP contribution is -2.11. The maximum absolute atomic E-state index is 9.56. The van der Waals surface area contributed by atoms with Crippen LogP contribution in [0.2, 0.25) is 0 Å². The van der Waals surface area contributed by atoms with E-state index in [-0.39, 0.29) is 12.2 Å². The maximum atomic E-state index is 9.56. The molecule has 0 aliphatic heterocycles. The number of hydrogen-bond donors (Lipinski definition) is 2. The van der Waals surface area contributed by atoms with Gasteiger partial charge in [-0.1, -0.05) is 142 Å². The molecule has 0 saturated carbocycles. The molecule has 5 nitrogen and oxygen atoms in total. The van der Waals surface area contributed by atoms with Crippen molar-refractivity contribution in [3.63, 3.8) is 0 Å². The van der Waals surface area contributed by atoms with Crippen LogP contribution < -0.4 is 4.52 Å². The summed E-state index contributed by atoms with van der Waals surface area (Å²) < 4.78 is 17.9. The van der Waals surface area contributed by atoms with Gasteiger partial charge in [0.2, 0.25) is 0 Å². The average Bonchev–Trinajstić information content (AvgIpc) is 2.94. The van der Waals surface area contributed by atoms with Crippen LogP contribution >= 0.6 is 8.60 Å². The predicted molar refractivity (Wildman–Crippen MR) is 171 cm³/mol. The van der Waals surface area contributed by atoms with Gasteiger partial charge in [-0.05, 0) is 38.3 Å². The molecule has 1 aromatic carbocycles. The Hall–Kier alpha value is -0.710. The summed E-state index contributed by atoms with van der Waals surface area (Å²) in [5.74, 6) is 0.471. The summed E-state index contributed by atoms with van der Waals surface area (Å²) >= 11 is 0. The van der Waals surface area contributed by atoms with Crippen LogP contribution in [-0.4, -0.2) is 23.0 Å². The Kier molecular flexibility index (Phi) is 24.2. The van der Waals surface area contributed by atoms with Crippen molar-refractivity contribution in [2.24, 2.45) is 0 Å². The van der Waals surface area contributed by atoms with E-state index in [1.807, 2.05) is 19.1 Å². The number of ether oxygens (including phenoxy) is 2. The van der Waals surface area contributed by atoms with Crippen LogP contribution in [0.3, 0.4) is 0 Å². The van der Waals surface area contributed by atoms with E-state index >= 15 is 0 Å². The molecule has 0 amide bonds. The molecule has 0 radical (unpaired) electrons. The van der Waals surface area contributed by atoms with E-state index in [1.165, 1.54) is 116 Å². The zero-order chi connectivity index (χ0) is 29.3. The van der Waals surface area contributed by atoms with E-state index < -0.39 is 8.60 Å². The molecule has 0 heterocycles. The molecule has 2 N–H and O–H groups in total. The van der Waals surface area contributed by atoms with Gasteiger partial charge in [0.1, 0.15) is 5.75 Å². The lowest BCUT2D eigenvalue weighted by molar-refractivity contribution is 0.0460. The lowest BCUT2D eigenvalue weighted by atomic mass is 9.98. The van der Waals surface area contributed by atoms with Crippen molar-refractivity contribution >= 4 is 8.60 Å². The average molecular weight is 583 g/mol. The molecule has 0 aliphatic rings. The van der Waals surface area contributed by atoms with E-state index in [1.54, 1.807) is 6.07 Å². The van der Waals surface area contributed by atoms with Crippen molar-refractivity contribution in [1.82, 2.24) is 0 Å². The Labute approximate surface area is 248 Å². The molecule has 0 aromatic heterocycles. The van der Waals surface area contributed by atoms with E-state index in [2.05, 4.69) is 20.8 Å². The largest absolute Gasteiger partial charge is 0.427 e. The van der Waals surface area contributed by atoms with Crippen molar-refractivity contribution in [3.8, 4) is 5.75 Å². The van der Waals surface area contributed by atoms with E-state index in [9.17, 15) is 9.79 Å². The molecule has 0 bridgehead atoms. The standard InChI is InChI=1S/C34H63O5P/c1-5-7-9-11-13-15-17-19-21-23-28-37-30(3)32-26-25-27-33(39-40(35)36)34(32)31(4)38-29-24-22-20-18-16-14-12-10-8-6-2/h25-27,30-31,35-36H,5-24,28-29H2,1-4H3. The summed E-state index contributed by atoms with van der Waals surface area (Å²) in [4.78, 5) is 19.1. The van der Waals surface area contributed by atoms with Gasteiger partial charge in [0.15, 0.2) is 0 Å². The van der Waals surface area contributed by atoms with Crippen molar-refractivity contribution in [2.45, 2.75) is 168 Å². The molecule has 0 saturated heterocycles. The van der Waals surface area contributed by atoms with Crippen LogP contribution in [0.1, 0.15) is 179 Å². The molecule has 1 rings (SSSR count). The summed E-state index contributed by atoms with van der Waals surface area (Å²) in [5, 5.41) is 0. The van der Waals surface area contributed by atoms with Gasteiger partial charge in [-0.3, -0.25) is 0 Å². The van der Waals surface area contributed by atoms with Crippen molar-refractivity contribution in [3.05, 3.63) is 29.3 Å². The zero-order valence-electron chi connectivity index (χ0n) is 26.5. The highest BCUT2D eigenvalue weighted by molar-refractivity contribution is 7.39. The molecule has 234 valence electrons. The Morgan fingerprint density at radius 1 is 0.575 bits per heavy atom. The van der Waals surface area contributed by atoms with Crippen LogP contribution in [0.25, 0.3) is 0 Å². The number of unbranched alkanes of at least 4 members (excludes halogenated alkanes) is 18. The minimum absolute atomic E-state index is 0.121. The van der Waals surface area contributed by atoms with Gasteiger partial charge in [0, 0.05) is 18.8 Å². The molecule has 0 spiro atoms. The van der Waals surface area contributed by atoms with Crippen LogP contribution in [-0.2, 0) is 9.47 Å². The summed E-state index contributed by atoms with van der Waals surface area (Å²) in [6.45, 7) is 10.0. The smallest absolute Gasteiger partial charge is 0.391 e. The normalized spacial score (nSPS) is 13.2. The number of benzene rings is 1. The number of rotatable bonds is 28. The zero-order valence-corrected chi connectivity index (χ0v) is 27.4. The highest BCUT2D eigenvalue weighted by Crippen LogP contribution is 2.40. The second kappa shape index (κ2) is 26.0. The Balaban J connectivity index is 2.43. The summed E-state index contributed by atoms with van der Waals surface area (Å²) in [6, 6.07) is 5.72. The maximum Gasteiger partial charge on any atom is 0.391 e. The monoisotopic (exact) mass is 582 g/mol. The fraction of sp³-hybridized carbons (Fsp3) is 0.824. The van der Waals surface area contributed by atoms with Crippen molar-refractivity contribution < 1.29 is 23.8 Å². The van der Waals surface area contributed by atoms with Gasteiger partial charge in [-0.15, -0.1) is 0 Å². The highest BCUT2D eigenvalue weighted by atomic mass is 31.2. The van der Waals surface area contributed by atoms with E-state index in [0.29, 0.717) is 12.4 Å². The number of hydrogen-bond acceptors (Lipinski definition) is 5. The van der Waals surface area contributed by atoms with Gasteiger partial charge < -0.3 is 23.8 Å². The van der Waals surface area contributed by atoms with E-state index in [0.717, 1.165) is 30.6 Å². The molecular formula is C34H63O5P. The molecule has 2 unspecified atom stereocenters. The Morgan fingerprint density at radius 2 is 0.975 bits per heavy atom. The summed E-state index contributed by atoms with van der Waals surface area (Å²) in [5.41, 5.74) is 1.86. The quantitative estimate of drug-likeness (QED) is 0.0760. The Bertz CT molecular complexity index is 699. The molecule has 2 atom stereocenters. The van der Waals surface area contributed by atoms with Crippen LogP contribution in [0, 0.1) is 0 Å². The predicted octanol–water partition coefficient (Wildman–Crippen LogP) is 11.3. The molecular weight excluding hydrogens is 519 g/mol. The summed E-state index contributed by atoms with van der Waals surface area (Å²) in [6.07, 6.45) is 25.7. The first-order chi connectivity index (χ1) is 19.5. The first-order valence-corrected chi connectivity index (χ1v) is 17.9. The topological polar surface area (TPSA) is 68.2 Å². The Morgan fingerprint density at radius 3 is 1.40 bits per heavy atom. The SMILES string of the molecule is CCCCCCCCCCCCOC(C)c1cccc(OP(O)O)c1C(C)OCCCCCCCCCCCC. The minimum Gasteiger partial charge on any atom is -0.427 e. The molecule has 40 heavy (non-hydrogen) atoms. The van der Waals surface area contributed by atoms with Crippen LogP contribution in [0.5, 0.6) is 5.75 Å². The second-order valence-electron chi connectivity index (χ2n) is 11.5. The van der Waals surface area contributed by atoms with Crippen molar-refractivity contribution in [2.75, 3.05) is 13.2 Å². The third-order valence-corrected chi connectivity index (χ3v) is 8.22. The first kappa shape index (κ1) is 37.3. The lowest BCUT2D eigenvalue weighted by Gasteiger charge is -2.24. The second-order valence-corrected chi connectivity index (χ2v) is 12.2. The van der Waals surface area contributed by atoms with Crippen LogP contribution in [0.15, 0.2) is 18.2 Å². The molecule has 6 heteroatoms. The molecule has 1 aromatic rings.